The Labute approximate surface area is 90.0 Å². The fourth-order valence-electron chi connectivity index (χ4n) is 1.22. The first-order valence-electron chi connectivity index (χ1n) is 4.74. The second-order valence-electron chi connectivity index (χ2n) is 3.72. The minimum Gasteiger partial charge on any atom is -0.281 e. The van der Waals surface area contributed by atoms with Gasteiger partial charge in [0.15, 0.2) is 0 Å². The molecule has 0 spiro atoms. The van der Waals surface area contributed by atoms with E-state index in [4.69, 9.17) is 0 Å². The van der Waals surface area contributed by atoms with Crippen molar-refractivity contribution < 1.29 is 13.2 Å². The highest BCUT2D eigenvalue weighted by atomic mass is 32.2. The van der Waals surface area contributed by atoms with E-state index < -0.39 is 20.9 Å². The molecule has 0 saturated heterocycles. The molecule has 1 aromatic carbocycles. The fourth-order valence-corrected chi connectivity index (χ4v) is 2.72. The smallest absolute Gasteiger partial charge is 0.249 e. The highest BCUT2D eigenvalue weighted by Crippen LogP contribution is 2.10. The van der Waals surface area contributed by atoms with Crippen molar-refractivity contribution in [2.24, 2.45) is 5.92 Å². The molecule has 0 saturated carbocycles. The lowest BCUT2D eigenvalue weighted by atomic mass is 10.2. The topological polar surface area (TPSA) is 51.2 Å². The van der Waals surface area contributed by atoms with Crippen LogP contribution in [0.5, 0.6) is 0 Å². The maximum atomic E-state index is 11.6. The average molecular weight is 226 g/mol. The predicted octanol–water partition coefficient (Wildman–Crippen LogP) is 1.78. The number of sulfone groups is 1. The summed E-state index contributed by atoms with van der Waals surface area (Å²) >= 11 is 0. The van der Waals surface area contributed by atoms with E-state index in [1.165, 1.54) is 0 Å². The molecule has 0 heterocycles. The van der Waals surface area contributed by atoms with Crippen LogP contribution in [0.1, 0.15) is 19.4 Å². The lowest BCUT2D eigenvalue weighted by Gasteiger charge is -2.05. The second kappa shape index (κ2) is 4.57. The van der Waals surface area contributed by atoms with E-state index in [2.05, 4.69) is 0 Å². The van der Waals surface area contributed by atoms with Gasteiger partial charge in [-0.2, -0.15) is 0 Å². The first-order valence-corrected chi connectivity index (χ1v) is 6.39. The summed E-state index contributed by atoms with van der Waals surface area (Å²) in [4.78, 5) is 11.4. The van der Waals surface area contributed by atoms with Crippen LogP contribution in [0.2, 0.25) is 0 Å². The fraction of sp³-hybridized carbons (Fsp3) is 0.364. The SMILES string of the molecule is CC(C)C(=O)S(=O)(=O)Cc1ccccc1. The van der Waals surface area contributed by atoms with Gasteiger partial charge in [-0.25, -0.2) is 8.42 Å². The Morgan fingerprint density at radius 1 is 1.20 bits per heavy atom. The van der Waals surface area contributed by atoms with E-state index in [1.54, 1.807) is 44.2 Å². The quantitative estimate of drug-likeness (QED) is 0.789. The first-order chi connectivity index (χ1) is 6.93. The summed E-state index contributed by atoms with van der Waals surface area (Å²) in [5.74, 6) is -0.677. The van der Waals surface area contributed by atoms with Crippen LogP contribution >= 0.6 is 0 Å². The zero-order chi connectivity index (χ0) is 11.5. The average Bonchev–Trinajstić information content (AvgIpc) is 2.17. The Kier molecular flexibility index (Phi) is 3.63. The van der Waals surface area contributed by atoms with Gasteiger partial charge in [0, 0.05) is 5.92 Å². The third-order valence-electron chi connectivity index (χ3n) is 1.98. The summed E-state index contributed by atoms with van der Waals surface area (Å²) in [6.45, 7) is 3.18. The molecule has 3 nitrogen and oxygen atoms in total. The van der Waals surface area contributed by atoms with Gasteiger partial charge >= 0.3 is 0 Å². The number of hydrogen-bond donors (Lipinski definition) is 0. The third-order valence-corrected chi connectivity index (χ3v) is 3.78. The lowest BCUT2D eigenvalue weighted by molar-refractivity contribution is -0.114. The summed E-state index contributed by atoms with van der Waals surface area (Å²) < 4.78 is 23.2. The van der Waals surface area contributed by atoms with Crippen molar-refractivity contribution in [3.05, 3.63) is 35.9 Å². The molecule has 0 bridgehead atoms. The number of hydrogen-bond acceptors (Lipinski definition) is 3. The van der Waals surface area contributed by atoms with Crippen molar-refractivity contribution >= 4 is 15.0 Å². The van der Waals surface area contributed by atoms with Crippen LogP contribution in [0.15, 0.2) is 30.3 Å². The van der Waals surface area contributed by atoms with Gasteiger partial charge < -0.3 is 0 Å². The number of carbonyl (C=O) groups excluding carboxylic acids is 1. The standard InChI is InChI=1S/C11H14O3S/c1-9(2)11(12)15(13,14)8-10-6-4-3-5-7-10/h3-7,9H,8H2,1-2H3. The molecule has 0 amide bonds. The normalized spacial score (nSPS) is 11.7. The Bertz CT molecular complexity index is 432. The summed E-state index contributed by atoms with van der Waals surface area (Å²) in [5, 5.41) is -0.689. The van der Waals surface area contributed by atoms with Gasteiger partial charge in [0.05, 0.1) is 5.75 Å². The third kappa shape index (κ3) is 3.16. The van der Waals surface area contributed by atoms with E-state index in [0.717, 1.165) is 0 Å². The molecule has 4 heteroatoms. The van der Waals surface area contributed by atoms with Crippen molar-refractivity contribution in [1.29, 1.82) is 0 Å². The molecule has 0 atom stereocenters. The van der Waals surface area contributed by atoms with Crippen LogP contribution in [0.25, 0.3) is 0 Å². The van der Waals surface area contributed by atoms with Crippen molar-refractivity contribution in [2.45, 2.75) is 19.6 Å². The molecule has 1 aromatic rings. The zero-order valence-electron chi connectivity index (χ0n) is 8.80. The molecular formula is C11H14O3S. The summed E-state index contributed by atoms with van der Waals surface area (Å²) in [6, 6.07) is 8.71. The molecule has 0 aliphatic heterocycles. The van der Waals surface area contributed by atoms with Crippen molar-refractivity contribution in [1.82, 2.24) is 0 Å². The summed E-state index contributed by atoms with van der Waals surface area (Å²) in [7, 11) is -3.65. The van der Waals surface area contributed by atoms with Gasteiger partial charge in [-0.1, -0.05) is 44.2 Å². The van der Waals surface area contributed by atoms with Crippen LogP contribution < -0.4 is 0 Å². The van der Waals surface area contributed by atoms with Crippen molar-refractivity contribution in [2.75, 3.05) is 0 Å². The molecule has 0 aliphatic carbocycles. The molecule has 82 valence electrons. The van der Waals surface area contributed by atoms with E-state index in [9.17, 15) is 13.2 Å². The molecule has 15 heavy (non-hydrogen) atoms. The Morgan fingerprint density at radius 2 is 1.73 bits per heavy atom. The second-order valence-corrected chi connectivity index (χ2v) is 5.64. The Balaban J connectivity index is 2.87. The maximum Gasteiger partial charge on any atom is 0.249 e. The molecule has 0 fully saturated rings. The van der Waals surface area contributed by atoms with E-state index in [1.807, 2.05) is 0 Å². The summed E-state index contributed by atoms with van der Waals surface area (Å²) in [5.41, 5.74) is 0.645. The monoisotopic (exact) mass is 226 g/mol. The van der Waals surface area contributed by atoms with E-state index in [0.29, 0.717) is 5.56 Å². The van der Waals surface area contributed by atoms with Crippen molar-refractivity contribution in [3.63, 3.8) is 0 Å². The van der Waals surface area contributed by atoms with Gasteiger partial charge in [-0.05, 0) is 5.56 Å². The van der Waals surface area contributed by atoms with Gasteiger partial charge in [0.1, 0.15) is 0 Å². The van der Waals surface area contributed by atoms with Crippen LogP contribution in [-0.2, 0) is 20.4 Å². The number of rotatable bonds is 3. The maximum absolute atomic E-state index is 11.6. The van der Waals surface area contributed by atoms with Crippen molar-refractivity contribution in [3.8, 4) is 0 Å². The van der Waals surface area contributed by atoms with Gasteiger partial charge in [0.25, 0.3) is 0 Å². The molecule has 0 N–H and O–H groups in total. The Morgan fingerprint density at radius 3 is 2.20 bits per heavy atom. The van der Waals surface area contributed by atoms with Gasteiger partial charge in [0.2, 0.25) is 15.0 Å². The lowest BCUT2D eigenvalue weighted by Crippen LogP contribution is -2.21. The molecule has 0 aromatic heterocycles. The Hall–Kier alpha value is -1.16. The van der Waals surface area contributed by atoms with Crippen LogP contribution in [0, 0.1) is 5.92 Å². The van der Waals surface area contributed by atoms with Crippen LogP contribution in [0.3, 0.4) is 0 Å². The molecule has 0 aliphatic rings. The van der Waals surface area contributed by atoms with Crippen LogP contribution in [-0.4, -0.2) is 13.5 Å². The van der Waals surface area contributed by atoms with E-state index in [-0.39, 0.29) is 5.75 Å². The van der Waals surface area contributed by atoms with Gasteiger partial charge in [-0.15, -0.1) is 0 Å². The molecular weight excluding hydrogens is 212 g/mol. The minimum absolute atomic E-state index is 0.204. The highest BCUT2D eigenvalue weighted by molar-refractivity contribution is 8.05. The minimum atomic E-state index is -3.65. The van der Waals surface area contributed by atoms with Crippen LogP contribution in [0.4, 0.5) is 0 Å². The largest absolute Gasteiger partial charge is 0.281 e. The van der Waals surface area contributed by atoms with E-state index >= 15 is 0 Å². The predicted molar refractivity (Wildman–Crippen MR) is 58.9 cm³/mol. The van der Waals surface area contributed by atoms with Gasteiger partial charge in [-0.3, -0.25) is 4.79 Å². The molecule has 0 radical (unpaired) electrons. The number of benzene rings is 1. The first kappa shape index (κ1) is 11.9. The summed E-state index contributed by atoms with van der Waals surface area (Å²) in [6.07, 6.45) is 0. The highest BCUT2D eigenvalue weighted by Gasteiger charge is 2.24. The molecule has 0 unspecified atom stereocenters. The number of carbonyl (C=O) groups is 1. The molecule has 1 rings (SSSR count). The zero-order valence-corrected chi connectivity index (χ0v) is 9.62.